The third-order valence-electron chi connectivity index (χ3n) is 3.06. The highest BCUT2D eigenvalue weighted by atomic mass is 32.1. The van der Waals surface area contributed by atoms with Crippen LogP contribution in [0, 0.1) is 0 Å². The van der Waals surface area contributed by atoms with Gasteiger partial charge in [-0.3, -0.25) is 14.3 Å². The number of nitrogens with zero attached hydrogens (tertiary/aromatic N) is 1. The van der Waals surface area contributed by atoms with Gasteiger partial charge in [0.1, 0.15) is 4.99 Å². The number of rotatable bonds is 4. The van der Waals surface area contributed by atoms with E-state index in [1.807, 2.05) is 31.2 Å². The van der Waals surface area contributed by atoms with Gasteiger partial charge in [0.2, 0.25) is 0 Å². The number of aromatic nitrogens is 2. The van der Waals surface area contributed by atoms with Crippen LogP contribution in [0.1, 0.15) is 23.6 Å². The molecule has 2 rings (SSSR count). The highest BCUT2D eigenvalue weighted by molar-refractivity contribution is 7.80. The Balaban J connectivity index is 2.32. The van der Waals surface area contributed by atoms with Crippen molar-refractivity contribution in [3.63, 3.8) is 0 Å². The summed E-state index contributed by atoms with van der Waals surface area (Å²) >= 11 is 4.89. The molecule has 1 heterocycles. The third kappa shape index (κ3) is 3.03. The molecule has 104 valence electrons. The molecule has 6 heteroatoms. The molecule has 1 aromatic carbocycles. The highest BCUT2D eigenvalue weighted by Gasteiger charge is 2.04. The molecule has 0 aliphatic heterocycles. The number of benzene rings is 1. The van der Waals surface area contributed by atoms with Crippen LogP contribution in [0.3, 0.4) is 0 Å². The van der Waals surface area contributed by atoms with Crippen LogP contribution in [-0.4, -0.2) is 14.5 Å². The summed E-state index contributed by atoms with van der Waals surface area (Å²) in [6, 6.07) is 7.35. The standard InChI is InChI=1S/C14H15N3O2S/c1-2-10-8-17(14(19)16-13(10)18)7-9-3-5-11(6-4-9)12(15)20/h3-6,8H,2,7H2,1H3,(H2,15,20)(H,16,18,19). The van der Waals surface area contributed by atoms with Gasteiger partial charge in [-0.1, -0.05) is 43.4 Å². The lowest BCUT2D eigenvalue weighted by Crippen LogP contribution is -2.31. The third-order valence-corrected chi connectivity index (χ3v) is 3.29. The Hall–Kier alpha value is -2.21. The zero-order valence-corrected chi connectivity index (χ0v) is 11.9. The van der Waals surface area contributed by atoms with Gasteiger partial charge >= 0.3 is 5.69 Å². The number of thiocarbonyl (C=S) groups is 1. The minimum absolute atomic E-state index is 0.322. The largest absolute Gasteiger partial charge is 0.389 e. The van der Waals surface area contributed by atoms with Crippen molar-refractivity contribution in [3.05, 3.63) is 68.0 Å². The Kier molecular flexibility index (Phi) is 4.14. The molecular weight excluding hydrogens is 274 g/mol. The molecule has 1 aromatic heterocycles. The summed E-state index contributed by atoms with van der Waals surface area (Å²) in [6.45, 7) is 2.26. The predicted octanol–water partition coefficient (Wildman–Crippen LogP) is 0.782. The van der Waals surface area contributed by atoms with Crippen molar-refractivity contribution in [3.8, 4) is 0 Å². The fourth-order valence-corrected chi connectivity index (χ4v) is 2.03. The lowest BCUT2D eigenvalue weighted by molar-refractivity contribution is 0.707. The van der Waals surface area contributed by atoms with Gasteiger partial charge in [-0.05, 0) is 12.0 Å². The van der Waals surface area contributed by atoms with E-state index >= 15 is 0 Å². The molecule has 0 radical (unpaired) electrons. The van der Waals surface area contributed by atoms with Gasteiger partial charge in [-0.15, -0.1) is 0 Å². The minimum atomic E-state index is -0.411. The molecule has 0 amide bonds. The van der Waals surface area contributed by atoms with Crippen LogP contribution < -0.4 is 17.0 Å². The van der Waals surface area contributed by atoms with Crippen LogP contribution in [-0.2, 0) is 13.0 Å². The monoisotopic (exact) mass is 289 g/mol. The molecule has 0 bridgehead atoms. The van der Waals surface area contributed by atoms with E-state index in [0.717, 1.165) is 11.1 Å². The van der Waals surface area contributed by atoms with E-state index in [9.17, 15) is 9.59 Å². The maximum absolute atomic E-state index is 11.8. The average Bonchev–Trinajstić information content (AvgIpc) is 2.42. The van der Waals surface area contributed by atoms with Crippen molar-refractivity contribution < 1.29 is 0 Å². The van der Waals surface area contributed by atoms with Crippen LogP contribution >= 0.6 is 12.2 Å². The summed E-state index contributed by atoms with van der Waals surface area (Å²) in [5, 5.41) is 0. The number of hydrogen-bond donors (Lipinski definition) is 2. The van der Waals surface area contributed by atoms with Gasteiger partial charge in [-0.2, -0.15) is 0 Å². The van der Waals surface area contributed by atoms with Crippen LogP contribution in [0.2, 0.25) is 0 Å². The van der Waals surface area contributed by atoms with Gasteiger partial charge in [0.15, 0.2) is 0 Å². The smallest absolute Gasteiger partial charge is 0.328 e. The number of aryl methyl sites for hydroxylation is 1. The normalized spacial score (nSPS) is 10.4. The molecule has 0 fully saturated rings. The molecule has 0 spiro atoms. The van der Waals surface area contributed by atoms with Crippen molar-refractivity contribution in [2.75, 3.05) is 0 Å². The van der Waals surface area contributed by atoms with E-state index in [1.165, 1.54) is 4.57 Å². The first kappa shape index (κ1) is 14.2. The second-order valence-corrected chi connectivity index (χ2v) is 4.90. The number of hydrogen-bond acceptors (Lipinski definition) is 3. The van der Waals surface area contributed by atoms with Gasteiger partial charge in [-0.25, -0.2) is 4.79 Å². The molecule has 0 atom stereocenters. The summed E-state index contributed by atoms with van der Waals surface area (Å²) in [5.41, 5.74) is 7.10. The van der Waals surface area contributed by atoms with Crippen LogP contribution in [0.25, 0.3) is 0 Å². The Labute approximate surface area is 121 Å². The molecule has 0 aliphatic rings. The lowest BCUT2D eigenvalue weighted by Gasteiger charge is -2.07. The quantitative estimate of drug-likeness (QED) is 0.815. The molecular formula is C14H15N3O2S. The number of H-pyrrole nitrogens is 1. The van der Waals surface area contributed by atoms with Crippen LogP contribution in [0.15, 0.2) is 40.1 Å². The molecule has 0 aliphatic carbocycles. The second-order valence-electron chi connectivity index (χ2n) is 4.46. The maximum atomic E-state index is 11.8. The van der Waals surface area contributed by atoms with Gasteiger partial charge in [0, 0.05) is 17.3 Å². The Morgan fingerprint density at radius 1 is 1.30 bits per heavy atom. The minimum Gasteiger partial charge on any atom is -0.389 e. The van der Waals surface area contributed by atoms with Crippen molar-refractivity contribution in [1.82, 2.24) is 9.55 Å². The van der Waals surface area contributed by atoms with Crippen molar-refractivity contribution in [1.29, 1.82) is 0 Å². The Morgan fingerprint density at radius 2 is 1.95 bits per heavy atom. The van der Waals surface area contributed by atoms with Crippen LogP contribution in [0.4, 0.5) is 0 Å². The van der Waals surface area contributed by atoms with Crippen molar-refractivity contribution in [2.45, 2.75) is 19.9 Å². The van der Waals surface area contributed by atoms with Gasteiger partial charge in [0.25, 0.3) is 5.56 Å². The summed E-state index contributed by atoms with van der Waals surface area (Å²) < 4.78 is 1.48. The first-order chi connectivity index (χ1) is 9.51. The summed E-state index contributed by atoms with van der Waals surface area (Å²) in [5.74, 6) is 0. The topological polar surface area (TPSA) is 80.9 Å². The fourth-order valence-electron chi connectivity index (χ4n) is 1.89. The van der Waals surface area contributed by atoms with E-state index < -0.39 is 5.69 Å². The summed E-state index contributed by atoms with van der Waals surface area (Å²) in [7, 11) is 0. The number of nitrogens with one attached hydrogen (secondary N) is 1. The Morgan fingerprint density at radius 3 is 2.50 bits per heavy atom. The molecule has 0 unspecified atom stereocenters. The first-order valence-electron chi connectivity index (χ1n) is 6.22. The SMILES string of the molecule is CCc1cn(Cc2ccc(C(N)=S)cc2)c(=O)[nH]c1=O. The molecule has 2 aromatic rings. The Bertz CT molecular complexity index is 744. The molecule has 20 heavy (non-hydrogen) atoms. The van der Waals surface area contributed by atoms with E-state index in [2.05, 4.69) is 4.98 Å². The zero-order chi connectivity index (χ0) is 14.7. The first-order valence-corrected chi connectivity index (χ1v) is 6.63. The molecule has 0 saturated carbocycles. The number of aromatic amines is 1. The lowest BCUT2D eigenvalue weighted by atomic mass is 10.1. The predicted molar refractivity (Wildman–Crippen MR) is 82.1 cm³/mol. The fraction of sp³-hybridized carbons (Fsp3) is 0.214. The van der Waals surface area contributed by atoms with Crippen molar-refractivity contribution >= 4 is 17.2 Å². The van der Waals surface area contributed by atoms with Gasteiger partial charge < -0.3 is 5.73 Å². The highest BCUT2D eigenvalue weighted by Crippen LogP contribution is 2.05. The van der Waals surface area contributed by atoms with E-state index in [0.29, 0.717) is 23.5 Å². The molecule has 0 saturated heterocycles. The van der Waals surface area contributed by atoms with Crippen molar-refractivity contribution in [2.24, 2.45) is 5.73 Å². The maximum Gasteiger partial charge on any atom is 0.328 e. The van der Waals surface area contributed by atoms with E-state index in [-0.39, 0.29) is 5.56 Å². The van der Waals surface area contributed by atoms with Gasteiger partial charge in [0.05, 0.1) is 6.54 Å². The van der Waals surface area contributed by atoms with Crippen LogP contribution in [0.5, 0.6) is 0 Å². The molecule has 3 N–H and O–H groups in total. The van der Waals surface area contributed by atoms with E-state index in [1.54, 1.807) is 6.20 Å². The number of nitrogens with two attached hydrogens (primary N) is 1. The van der Waals surface area contributed by atoms with E-state index in [4.69, 9.17) is 18.0 Å². The zero-order valence-electron chi connectivity index (χ0n) is 11.1. The second kappa shape index (κ2) is 5.83. The average molecular weight is 289 g/mol. The molecule has 5 nitrogen and oxygen atoms in total. The summed E-state index contributed by atoms with van der Waals surface area (Å²) in [4.78, 5) is 25.9. The summed E-state index contributed by atoms with van der Waals surface area (Å²) in [6.07, 6.45) is 2.18.